The third kappa shape index (κ3) is 3.11. The van der Waals surface area contributed by atoms with Crippen molar-refractivity contribution in [1.82, 2.24) is 5.32 Å². The van der Waals surface area contributed by atoms with E-state index in [-0.39, 0.29) is 11.9 Å². The summed E-state index contributed by atoms with van der Waals surface area (Å²) in [5.41, 5.74) is 0.997. The molecule has 4 nitrogen and oxygen atoms in total. The Labute approximate surface area is 163 Å². The van der Waals surface area contributed by atoms with E-state index in [4.69, 9.17) is 5.11 Å². The summed E-state index contributed by atoms with van der Waals surface area (Å²) in [6, 6.07) is 0.173. The van der Waals surface area contributed by atoms with Gasteiger partial charge in [0.2, 0.25) is 5.91 Å². The highest BCUT2D eigenvalue weighted by molar-refractivity contribution is 5.93. The molecule has 27 heavy (non-hydrogen) atoms. The van der Waals surface area contributed by atoms with E-state index in [1.165, 1.54) is 44.9 Å². The normalized spacial score (nSPS) is 48.9. The van der Waals surface area contributed by atoms with E-state index >= 15 is 0 Å². The second-order valence-electron chi connectivity index (χ2n) is 10.8. The van der Waals surface area contributed by atoms with Crippen molar-refractivity contribution < 1.29 is 14.7 Å². The van der Waals surface area contributed by atoms with Crippen molar-refractivity contribution in [2.45, 2.75) is 91.0 Å². The zero-order valence-corrected chi connectivity index (χ0v) is 17.3. The number of hydrogen-bond acceptors (Lipinski definition) is 2. The molecular weight excluding hydrogens is 338 g/mol. The third-order valence-corrected chi connectivity index (χ3v) is 9.82. The fraction of sp³-hybridized carbons (Fsp3) is 0.913. The van der Waals surface area contributed by atoms with Crippen molar-refractivity contribution in [3.8, 4) is 0 Å². The van der Waals surface area contributed by atoms with Gasteiger partial charge in [0.25, 0.3) is 0 Å². The molecule has 0 aliphatic heterocycles. The van der Waals surface area contributed by atoms with Gasteiger partial charge in [-0.2, -0.15) is 0 Å². The number of hydrogen-bond donors (Lipinski definition) is 2. The Morgan fingerprint density at radius 1 is 0.963 bits per heavy atom. The molecule has 4 aliphatic rings. The maximum Gasteiger partial charge on any atom is 0.312 e. The number of carboxylic acid groups (broad SMARTS) is 1. The molecule has 4 rings (SSSR count). The molecule has 0 unspecified atom stereocenters. The second-order valence-corrected chi connectivity index (χ2v) is 10.8. The van der Waals surface area contributed by atoms with Crippen LogP contribution >= 0.6 is 0 Å². The Hall–Kier alpha value is -1.06. The van der Waals surface area contributed by atoms with E-state index in [0.29, 0.717) is 16.7 Å². The summed E-state index contributed by atoms with van der Waals surface area (Å²) in [4.78, 5) is 22.7. The monoisotopic (exact) mass is 375 g/mol. The van der Waals surface area contributed by atoms with Crippen molar-refractivity contribution in [2.75, 3.05) is 0 Å². The van der Waals surface area contributed by atoms with Crippen molar-refractivity contribution in [2.24, 2.45) is 40.4 Å². The number of amides is 1. The first-order valence-corrected chi connectivity index (χ1v) is 11.2. The average molecular weight is 376 g/mol. The van der Waals surface area contributed by atoms with E-state index in [2.05, 4.69) is 26.1 Å². The van der Waals surface area contributed by atoms with Crippen LogP contribution in [-0.4, -0.2) is 23.0 Å². The van der Waals surface area contributed by atoms with Gasteiger partial charge in [0.05, 0.1) is 0 Å². The predicted octanol–water partition coefficient (Wildman–Crippen LogP) is 4.62. The molecule has 0 aromatic heterocycles. The Balaban J connectivity index is 1.45. The predicted molar refractivity (Wildman–Crippen MR) is 105 cm³/mol. The first-order valence-electron chi connectivity index (χ1n) is 11.2. The Kier molecular flexibility index (Phi) is 4.83. The number of nitrogens with one attached hydrogen (secondary N) is 1. The van der Waals surface area contributed by atoms with Gasteiger partial charge in [0.1, 0.15) is 6.42 Å². The van der Waals surface area contributed by atoms with Crippen LogP contribution in [0.3, 0.4) is 0 Å². The SMILES string of the molecule is C[C@H]1CC[C@H]2[C@@H]3CC[C@H]4C[C@@H](NC(=O)CC(=O)O)CC[C@]4(C)[C@H]3CC[C@@]12C. The number of rotatable bonds is 3. The number of aliphatic carboxylic acids is 1. The van der Waals surface area contributed by atoms with Crippen LogP contribution in [0.2, 0.25) is 0 Å². The quantitative estimate of drug-likeness (QED) is 0.707. The minimum atomic E-state index is -1.04. The molecule has 4 heteroatoms. The van der Waals surface area contributed by atoms with E-state index in [0.717, 1.165) is 36.5 Å². The molecule has 0 aromatic rings. The molecule has 0 saturated heterocycles. The van der Waals surface area contributed by atoms with Gasteiger partial charge < -0.3 is 10.4 Å². The molecule has 0 aromatic carbocycles. The number of fused-ring (bicyclic) bond motifs is 5. The second kappa shape index (κ2) is 6.77. The molecule has 0 bridgehead atoms. The zero-order valence-electron chi connectivity index (χ0n) is 17.3. The van der Waals surface area contributed by atoms with Gasteiger partial charge in [-0.3, -0.25) is 9.59 Å². The minimum absolute atomic E-state index is 0.173. The summed E-state index contributed by atoms with van der Waals surface area (Å²) in [5.74, 6) is 2.91. The van der Waals surface area contributed by atoms with E-state index in [9.17, 15) is 9.59 Å². The fourth-order valence-corrected chi connectivity index (χ4v) is 8.07. The maximum atomic E-state index is 11.9. The standard InChI is InChI=1S/C23H37NO3/c1-14-4-7-18-17-6-5-15-12-16(24-20(25)13-21(26)27)8-10-23(15,3)19(17)9-11-22(14,18)2/h14-19H,4-13H2,1-3H3,(H,24,25)(H,26,27)/t14-,15-,16-,17-,18-,19-,22-,23-/m0/s1. The van der Waals surface area contributed by atoms with Crippen LogP contribution in [0.1, 0.15) is 85.0 Å². The third-order valence-electron chi connectivity index (χ3n) is 9.82. The van der Waals surface area contributed by atoms with Crippen LogP contribution in [0.4, 0.5) is 0 Å². The molecule has 8 atom stereocenters. The van der Waals surface area contributed by atoms with Crippen molar-refractivity contribution in [3.05, 3.63) is 0 Å². The van der Waals surface area contributed by atoms with Crippen molar-refractivity contribution in [1.29, 1.82) is 0 Å². The Morgan fingerprint density at radius 2 is 1.67 bits per heavy atom. The molecule has 4 saturated carbocycles. The summed E-state index contributed by atoms with van der Waals surface area (Å²) < 4.78 is 0. The number of carboxylic acids is 1. The topological polar surface area (TPSA) is 66.4 Å². The summed E-state index contributed by atoms with van der Waals surface area (Å²) in [7, 11) is 0. The molecule has 0 heterocycles. The lowest BCUT2D eigenvalue weighted by Gasteiger charge is -2.61. The first kappa shape index (κ1) is 19.3. The van der Waals surface area contributed by atoms with Crippen molar-refractivity contribution in [3.63, 3.8) is 0 Å². The Morgan fingerprint density at radius 3 is 2.41 bits per heavy atom. The molecule has 0 radical (unpaired) electrons. The summed E-state index contributed by atoms with van der Waals surface area (Å²) in [6.45, 7) is 7.61. The molecule has 152 valence electrons. The largest absolute Gasteiger partial charge is 0.481 e. The Bertz CT molecular complexity index is 619. The number of carbonyl (C=O) groups excluding carboxylic acids is 1. The lowest BCUT2D eigenvalue weighted by molar-refractivity contribution is -0.141. The van der Waals surface area contributed by atoms with Gasteiger partial charge in [-0.25, -0.2) is 0 Å². The van der Waals surface area contributed by atoms with E-state index in [1.807, 2.05) is 0 Å². The van der Waals surface area contributed by atoms with Gasteiger partial charge in [0, 0.05) is 6.04 Å². The summed E-state index contributed by atoms with van der Waals surface area (Å²) in [6.07, 6.45) is 11.2. The van der Waals surface area contributed by atoms with Crippen LogP contribution in [-0.2, 0) is 9.59 Å². The van der Waals surface area contributed by atoms with Crippen molar-refractivity contribution >= 4 is 11.9 Å². The molecule has 4 aliphatic carbocycles. The van der Waals surface area contributed by atoms with Gasteiger partial charge >= 0.3 is 5.97 Å². The molecule has 4 fully saturated rings. The van der Waals surface area contributed by atoms with Gasteiger partial charge in [-0.1, -0.05) is 20.8 Å². The maximum absolute atomic E-state index is 11.9. The summed E-state index contributed by atoms with van der Waals surface area (Å²) in [5, 5.41) is 11.8. The van der Waals surface area contributed by atoms with E-state index in [1.54, 1.807) is 0 Å². The lowest BCUT2D eigenvalue weighted by Crippen LogP contribution is -2.55. The van der Waals surface area contributed by atoms with Gasteiger partial charge in [0.15, 0.2) is 0 Å². The van der Waals surface area contributed by atoms with Crippen LogP contribution in [0.5, 0.6) is 0 Å². The number of carbonyl (C=O) groups is 2. The highest BCUT2D eigenvalue weighted by atomic mass is 16.4. The highest BCUT2D eigenvalue weighted by Gasteiger charge is 2.59. The van der Waals surface area contributed by atoms with Crippen LogP contribution < -0.4 is 5.32 Å². The van der Waals surface area contributed by atoms with Crippen LogP contribution in [0.25, 0.3) is 0 Å². The van der Waals surface area contributed by atoms with Gasteiger partial charge in [-0.15, -0.1) is 0 Å². The lowest BCUT2D eigenvalue weighted by atomic mass is 9.44. The zero-order chi connectivity index (χ0) is 19.4. The fourth-order valence-electron chi connectivity index (χ4n) is 8.07. The van der Waals surface area contributed by atoms with Crippen LogP contribution in [0.15, 0.2) is 0 Å². The van der Waals surface area contributed by atoms with Crippen LogP contribution in [0, 0.1) is 40.4 Å². The van der Waals surface area contributed by atoms with Gasteiger partial charge in [-0.05, 0) is 98.2 Å². The molecule has 0 spiro atoms. The molecular formula is C23H37NO3. The average Bonchev–Trinajstić information content (AvgIpc) is 2.90. The summed E-state index contributed by atoms with van der Waals surface area (Å²) >= 11 is 0. The first-order chi connectivity index (χ1) is 12.7. The van der Waals surface area contributed by atoms with E-state index < -0.39 is 12.4 Å². The minimum Gasteiger partial charge on any atom is -0.481 e. The molecule has 2 N–H and O–H groups in total. The smallest absolute Gasteiger partial charge is 0.312 e. The molecule has 1 amide bonds. The highest BCUT2D eigenvalue weighted by Crippen LogP contribution is 2.67.